The number of thiazole rings is 3. The molecule has 426 valence electrons. The molecule has 82 heavy (non-hydrogen) atoms. The zero-order chi connectivity index (χ0) is 57.8. The molecule has 0 radical (unpaired) electrons. The van der Waals surface area contributed by atoms with Crippen molar-refractivity contribution in [2.75, 3.05) is 89.6 Å². The summed E-state index contributed by atoms with van der Waals surface area (Å²) in [5, 5.41) is 12.3. The Hall–Kier alpha value is -7.21. The number of aryl methyl sites for hydroxylation is 3. The molecule has 6 amide bonds. The van der Waals surface area contributed by atoms with Gasteiger partial charge in [-0.1, -0.05) is 74.9 Å². The number of rotatable bonds is 6. The molecular formula is C57H59Cl3FN15O3S3. The van der Waals surface area contributed by atoms with E-state index in [1.54, 1.807) is 35.5 Å². The van der Waals surface area contributed by atoms with Gasteiger partial charge in [-0.2, -0.15) is 0 Å². The summed E-state index contributed by atoms with van der Waals surface area (Å²) in [5.74, 6) is 2.18. The maximum Gasteiger partial charge on any atom is 0.324 e. The lowest BCUT2D eigenvalue weighted by Gasteiger charge is -2.40. The molecule has 12 rings (SSSR count). The smallest absolute Gasteiger partial charge is 0.324 e. The normalized spacial score (nSPS) is 17.3. The number of fused-ring (bicyclic) bond motifs is 3. The van der Waals surface area contributed by atoms with Crippen LogP contribution in [0.15, 0.2) is 104 Å². The number of urea groups is 3. The molecule has 0 aliphatic carbocycles. The molecule has 6 aromatic heterocycles. The maximum atomic E-state index is 13.3. The third-order valence-electron chi connectivity index (χ3n) is 14.4. The lowest BCUT2D eigenvalue weighted by atomic mass is 10.1. The summed E-state index contributed by atoms with van der Waals surface area (Å²) in [5.41, 5.74) is 6.00. The van der Waals surface area contributed by atoms with E-state index in [9.17, 15) is 18.8 Å². The van der Waals surface area contributed by atoms with Gasteiger partial charge in [0.1, 0.15) is 23.3 Å². The Bertz CT molecular complexity index is 3600. The second-order valence-corrected chi connectivity index (χ2v) is 24.5. The van der Waals surface area contributed by atoms with Gasteiger partial charge in [-0.05, 0) is 137 Å². The molecule has 3 saturated heterocycles. The van der Waals surface area contributed by atoms with E-state index in [1.807, 2.05) is 66.2 Å². The van der Waals surface area contributed by atoms with Crippen LogP contribution >= 0.6 is 68.8 Å². The van der Waals surface area contributed by atoms with Crippen LogP contribution in [0.5, 0.6) is 0 Å². The monoisotopic (exact) mass is 1220 g/mol. The average Bonchev–Trinajstić information content (AvgIpc) is 4.30. The van der Waals surface area contributed by atoms with Gasteiger partial charge in [0.15, 0.2) is 15.4 Å². The minimum atomic E-state index is -0.318. The second-order valence-electron chi connectivity index (χ2n) is 20.2. The summed E-state index contributed by atoms with van der Waals surface area (Å²) < 4.78 is 16.1. The molecule has 9 aromatic rings. The average molecular weight is 1220 g/mol. The molecule has 0 bridgehead atoms. The van der Waals surface area contributed by atoms with Crippen molar-refractivity contribution in [1.29, 1.82) is 0 Å². The maximum absolute atomic E-state index is 13.3. The zero-order valence-corrected chi connectivity index (χ0v) is 50.5. The summed E-state index contributed by atoms with van der Waals surface area (Å²) in [6.45, 7) is 18.2. The number of carbonyl (C=O) groups excluding carboxylic acids is 3. The number of carbonyl (C=O) groups is 3. The molecule has 25 heteroatoms. The highest BCUT2D eigenvalue weighted by Gasteiger charge is 2.32. The standard InChI is InChI=1S/C20H22ClN5OS.C19H20ClN5OS.C18H17ClFN5OS/c1-12-9-16-17(10-13(12)2)28-19(23-16)24-20(27)26-8-7-25(11-14(26)3)18-15(21)5-4-6-22-18;1-12-4-3-7-21-17(12)24-8-9-25(13(2)11-24)19(26)23-18-22-15-6-5-14(20)10-16(15)27-18;1-11-10-24(16-13(19)3-2-6-21-16)7-8-25(11)18(26)23-17-22-14-5-4-12(20)9-15(14)27-17/h4-6,9-10,14H,7-8,11H2,1-3H3,(H,23,24,27);3-7,10,13H,8-9,11H2,1-2H3,(H,22,23,26);2-6,9,11H,7-8,10H2,1H3,(H,22,23,26)/t14-;13-;11-/m111/s1. The molecule has 3 aliphatic rings. The van der Waals surface area contributed by atoms with Crippen LogP contribution < -0.4 is 30.7 Å². The van der Waals surface area contributed by atoms with Gasteiger partial charge in [0.2, 0.25) is 0 Å². The van der Waals surface area contributed by atoms with Crippen LogP contribution in [0.4, 0.5) is 51.6 Å². The number of anilines is 6. The third kappa shape index (κ3) is 13.5. The van der Waals surface area contributed by atoms with E-state index in [1.165, 1.54) is 57.3 Å². The van der Waals surface area contributed by atoms with Crippen LogP contribution in [-0.2, 0) is 0 Å². The van der Waals surface area contributed by atoms with Crippen molar-refractivity contribution in [1.82, 2.24) is 44.6 Å². The molecule has 3 N–H and O–H groups in total. The van der Waals surface area contributed by atoms with Gasteiger partial charge in [-0.3, -0.25) is 16.0 Å². The summed E-state index contributed by atoms with van der Waals surface area (Å²) in [7, 11) is 0. The van der Waals surface area contributed by atoms with Crippen LogP contribution in [0.25, 0.3) is 30.6 Å². The van der Waals surface area contributed by atoms with Crippen molar-refractivity contribution < 1.29 is 18.8 Å². The first-order valence-corrected chi connectivity index (χ1v) is 30.1. The Morgan fingerprint density at radius 3 is 1.35 bits per heavy atom. The van der Waals surface area contributed by atoms with Crippen LogP contribution in [-0.4, -0.2) is 140 Å². The van der Waals surface area contributed by atoms with Gasteiger partial charge >= 0.3 is 18.1 Å². The van der Waals surface area contributed by atoms with Crippen LogP contribution in [0.1, 0.15) is 37.5 Å². The minimum absolute atomic E-state index is 0.0244. The van der Waals surface area contributed by atoms with Gasteiger partial charge in [0.25, 0.3) is 0 Å². The first-order valence-electron chi connectivity index (χ1n) is 26.5. The SMILES string of the molecule is C[C@@H]1CN(c2ncccc2Cl)CCN1C(=O)Nc1nc2ccc(F)cc2s1.Cc1cc2nc(NC(=O)N3CCN(c4ncccc4Cl)C[C@H]3C)sc2cc1C.Cc1cccnc1N1CCN(C(=O)Nc2nc3ccc(Cl)cc3s2)[C@H](C)C1. The van der Waals surface area contributed by atoms with Gasteiger partial charge in [0.05, 0.1) is 40.7 Å². The van der Waals surface area contributed by atoms with Gasteiger partial charge in [-0.15, -0.1) is 0 Å². The lowest BCUT2D eigenvalue weighted by molar-refractivity contribution is 0.184. The number of aromatic nitrogens is 6. The van der Waals surface area contributed by atoms with E-state index in [0.717, 1.165) is 56.5 Å². The number of hydrogen-bond acceptors (Lipinski definition) is 15. The molecule has 3 aliphatic heterocycles. The molecule has 0 unspecified atom stereocenters. The van der Waals surface area contributed by atoms with E-state index in [2.05, 4.69) is 106 Å². The molecular weight excluding hydrogens is 1160 g/mol. The minimum Gasteiger partial charge on any atom is -0.353 e. The van der Waals surface area contributed by atoms with E-state index in [0.29, 0.717) is 86.5 Å². The number of nitrogens with zero attached hydrogens (tertiary/aromatic N) is 12. The van der Waals surface area contributed by atoms with E-state index in [-0.39, 0.29) is 42.0 Å². The highest BCUT2D eigenvalue weighted by molar-refractivity contribution is 7.23. The van der Waals surface area contributed by atoms with Crippen molar-refractivity contribution in [3.8, 4) is 0 Å². The molecule has 18 nitrogen and oxygen atoms in total. The fourth-order valence-electron chi connectivity index (χ4n) is 10.0. The highest BCUT2D eigenvalue weighted by Crippen LogP contribution is 2.33. The predicted molar refractivity (Wildman–Crippen MR) is 333 cm³/mol. The van der Waals surface area contributed by atoms with Crippen LogP contribution in [0.3, 0.4) is 0 Å². The van der Waals surface area contributed by atoms with Crippen molar-refractivity contribution in [2.24, 2.45) is 0 Å². The van der Waals surface area contributed by atoms with Crippen molar-refractivity contribution in [3.05, 3.63) is 141 Å². The summed E-state index contributed by atoms with van der Waals surface area (Å²) in [4.78, 5) is 76.8. The summed E-state index contributed by atoms with van der Waals surface area (Å²) in [6.07, 6.45) is 5.26. The first kappa shape index (κ1) is 58.0. The van der Waals surface area contributed by atoms with Gasteiger partial charge in [0, 0.05) is 101 Å². The molecule has 3 fully saturated rings. The quantitative estimate of drug-likeness (QED) is 0.143. The molecule has 0 saturated carbocycles. The Balaban J connectivity index is 0.000000138. The Labute approximate surface area is 500 Å². The lowest BCUT2D eigenvalue weighted by Crippen LogP contribution is -2.55. The fourth-order valence-corrected chi connectivity index (χ4v) is 13.4. The number of piperazine rings is 3. The van der Waals surface area contributed by atoms with Gasteiger partial charge in [-0.25, -0.2) is 48.7 Å². The predicted octanol–water partition coefficient (Wildman–Crippen LogP) is 13.3. The molecule has 0 spiro atoms. The third-order valence-corrected chi connectivity index (χ3v) is 18.0. The number of hydrogen-bond donors (Lipinski definition) is 3. The fraction of sp³-hybridized carbons (Fsp3) is 0.316. The van der Waals surface area contributed by atoms with Crippen LogP contribution in [0, 0.1) is 26.6 Å². The summed E-state index contributed by atoms with van der Waals surface area (Å²) >= 11 is 22.7. The van der Waals surface area contributed by atoms with E-state index in [4.69, 9.17) is 34.8 Å². The highest BCUT2D eigenvalue weighted by atomic mass is 35.5. The number of halogens is 4. The summed E-state index contributed by atoms with van der Waals surface area (Å²) in [6, 6.07) is 25.0. The van der Waals surface area contributed by atoms with Crippen molar-refractivity contribution >= 4 is 150 Å². The van der Waals surface area contributed by atoms with Crippen molar-refractivity contribution in [2.45, 2.75) is 59.7 Å². The Morgan fingerprint density at radius 1 is 0.488 bits per heavy atom. The largest absolute Gasteiger partial charge is 0.353 e. The first-order chi connectivity index (χ1) is 39.4. The van der Waals surface area contributed by atoms with E-state index >= 15 is 0 Å². The number of nitrogens with one attached hydrogen (secondary N) is 3. The number of benzene rings is 3. The second kappa shape index (κ2) is 25.5. The molecule has 3 aromatic carbocycles. The Morgan fingerprint density at radius 2 is 0.890 bits per heavy atom. The van der Waals surface area contributed by atoms with Crippen LogP contribution in [0.2, 0.25) is 15.1 Å². The zero-order valence-electron chi connectivity index (χ0n) is 45.7. The Kier molecular flexibility index (Phi) is 18.0. The topological polar surface area (TPSA) is 184 Å². The molecule has 3 atom stereocenters. The van der Waals surface area contributed by atoms with E-state index < -0.39 is 0 Å². The number of amides is 6. The molecule has 9 heterocycles. The van der Waals surface area contributed by atoms with Crippen molar-refractivity contribution in [3.63, 3.8) is 0 Å². The number of pyridine rings is 3. The van der Waals surface area contributed by atoms with Gasteiger partial charge < -0.3 is 29.4 Å².